The van der Waals surface area contributed by atoms with Gasteiger partial charge in [0.1, 0.15) is 6.04 Å². The van der Waals surface area contributed by atoms with Gasteiger partial charge in [-0.3, -0.25) is 9.80 Å². The number of aliphatic hydroxyl groups is 1. The molecule has 3 aromatic carbocycles. The van der Waals surface area contributed by atoms with E-state index in [2.05, 4.69) is 0 Å². The summed E-state index contributed by atoms with van der Waals surface area (Å²) in [5.74, 6) is 0. The van der Waals surface area contributed by atoms with Crippen LogP contribution in [0, 0.1) is 6.92 Å². The van der Waals surface area contributed by atoms with Gasteiger partial charge in [0.2, 0.25) is 0 Å². The third-order valence-corrected chi connectivity index (χ3v) is 5.98. The van der Waals surface area contributed by atoms with Crippen LogP contribution < -0.4 is 9.80 Å². The standard InChI is InChI=1S/C24H22Cl2N2O3/c1-16-4-3-5-17(14-16)24(30)22(15-31-2)27(20-10-6-18(25)7-11-20)23(29)28(24)21-12-8-19(26)9-13-21/h3-14,22,30H,15H2,1-2H3/t22-,24?/m0/s1. The van der Waals surface area contributed by atoms with Crippen molar-refractivity contribution in [3.05, 3.63) is 94.0 Å². The molecule has 1 fully saturated rings. The first-order chi connectivity index (χ1) is 14.9. The molecule has 0 spiro atoms. The van der Waals surface area contributed by atoms with Gasteiger partial charge in [-0.25, -0.2) is 4.79 Å². The average Bonchev–Trinajstić information content (AvgIpc) is 2.97. The van der Waals surface area contributed by atoms with Crippen LogP contribution in [0.3, 0.4) is 0 Å². The molecule has 0 saturated carbocycles. The Balaban J connectivity index is 1.95. The third-order valence-electron chi connectivity index (χ3n) is 5.47. The number of amides is 2. The van der Waals surface area contributed by atoms with Crippen LogP contribution in [-0.4, -0.2) is 30.9 Å². The van der Waals surface area contributed by atoms with Crippen LogP contribution in [0.2, 0.25) is 10.0 Å². The summed E-state index contributed by atoms with van der Waals surface area (Å²) < 4.78 is 5.47. The quantitative estimate of drug-likeness (QED) is 0.542. The van der Waals surface area contributed by atoms with Crippen LogP contribution in [0.25, 0.3) is 0 Å². The fraction of sp³-hybridized carbons (Fsp3) is 0.208. The van der Waals surface area contributed by atoms with E-state index in [1.165, 1.54) is 4.90 Å². The predicted octanol–water partition coefficient (Wildman–Crippen LogP) is 5.61. The molecule has 0 aliphatic carbocycles. The number of halogens is 2. The summed E-state index contributed by atoms with van der Waals surface area (Å²) in [6, 6.07) is 20.2. The maximum Gasteiger partial charge on any atom is 0.332 e. The van der Waals surface area contributed by atoms with Crippen molar-refractivity contribution in [2.45, 2.75) is 18.7 Å². The van der Waals surface area contributed by atoms with E-state index in [4.69, 9.17) is 27.9 Å². The molecule has 1 saturated heterocycles. The smallest absolute Gasteiger partial charge is 0.332 e. The van der Waals surface area contributed by atoms with E-state index in [0.717, 1.165) is 5.56 Å². The summed E-state index contributed by atoms with van der Waals surface area (Å²) in [6.07, 6.45) is 0. The minimum atomic E-state index is -1.69. The molecule has 0 radical (unpaired) electrons. The first kappa shape index (κ1) is 21.7. The van der Waals surface area contributed by atoms with E-state index >= 15 is 0 Å². The molecule has 31 heavy (non-hydrogen) atoms. The van der Waals surface area contributed by atoms with E-state index in [1.54, 1.807) is 60.5 Å². The number of anilines is 2. The highest BCUT2D eigenvalue weighted by Gasteiger charge is 2.58. The van der Waals surface area contributed by atoms with Crippen molar-refractivity contribution in [2.75, 3.05) is 23.5 Å². The largest absolute Gasteiger partial charge is 0.382 e. The van der Waals surface area contributed by atoms with Crippen LogP contribution in [0.4, 0.5) is 16.2 Å². The molecule has 0 bridgehead atoms. The Hall–Kier alpha value is -2.57. The molecule has 0 aromatic heterocycles. The van der Waals surface area contributed by atoms with Gasteiger partial charge < -0.3 is 9.84 Å². The van der Waals surface area contributed by atoms with Gasteiger partial charge in [0, 0.05) is 34.1 Å². The molecule has 5 nitrogen and oxygen atoms in total. The minimum Gasteiger partial charge on any atom is -0.382 e. The lowest BCUT2D eigenvalue weighted by atomic mass is 9.92. The van der Waals surface area contributed by atoms with Crippen molar-refractivity contribution >= 4 is 40.6 Å². The Bertz CT molecular complexity index is 1090. The van der Waals surface area contributed by atoms with Crippen molar-refractivity contribution in [3.8, 4) is 0 Å². The molecule has 2 amide bonds. The van der Waals surface area contributed by atoms with Gasteiger partial charge in [0.15, 0.2) is 5.72 Å². The summed E-state index contributed by atoms with van der Waals surface area (Å²) in [7, 11) is 1.55. The molecule has 1 heterocycles. The van der Waals surface area contributed by atoms with E-state index in [0.29, 0.717) is 27.0 Å². The van der Waals surface area contributed by atoms with Crippen LogP contribution in [-0.2, 0) is 10.5 Å². The van der Waals surface area contributed by atoms with Gasteiger partial charge in [-0.05, 0) is 55.5 Å². The van der Waals surface area contributed by atoms with Crippen molar-refractivity contribution in [1.82, 2.24) is 0 Å². The van der Waals surface area contributed by atoms with Crippen LogP contribution >= 0.6 is 23.2 Å². The molecule has 1 unspecified atom stereocenters. The number of aryl methyl sites for hydroxylation is 1. The van der Waals surface area contributed by atoms with E-state index in [1.807, 2.05) is 31.2 Å². The maximum atomic E-state index is 13.8. The normalized spacial score (nSPS) is 21.1. The first-order valence-electron chi connectivity index (χ1n) is 9.79. The minimum absolute atomic E-state index is 0.114. The molecule has 1 aliphatic rings. The highest BCUT2D eigenvalue weighted by Crippen LogP contribution is 2.45. The first-order valence-corrected chi connectivity index (χ1v) is 10.5. The Morgan fingerprint density at radius 2 is 1.55 bits per heavy atom. The molecular formula is C24H22Cl2N2O3. The van der Waals surface area contributed by atoms with Crippen LogP contribution in [0.5, 0.6) is 0 Å². The number of rotatable bonds is 5. The molecule has 3 aromatic rings. The third kappa shape index (κ3) is 3.79. The number of carbonyl (C=O) groups excluding carboxylic acids is 1. The zero-order valence-corrected chi connectivity index (χ0v) is 18.6. The molecule has 4 rings (SSSR count). The number of methoxy groups -OCH3 is 1. The van der Waals surface area contributed by atoms with Gasteiger partial charge in [-0.1, -0.05) is 53.0 Å². The topological polar surface area (TPSA) is 53.0 Å². The summed E-state index contributed by atoms with van der Waals surface area (Å²) in [5, 5.41) is 13.3. The van der Waals surface area contributed by atoms with Gasteiger partial charge in [0.05, 0.1) is 6.61 Å². The average molecular weight is 457 g/mol. The Morgan fingerprint density at radius 1 is 0.968 bits per heavy atom. The van der Waals surface area contributed by atoms with Crippen molar-refractivity contribution in [3.63, 3.8) is 0 Å². The molecule has 7 heteroatoms. The van der Waals surface area contributed by atoms with Gasteiger partial charge in [-0.2, -0.15) is 0 Å². The van der Waals surface area contributed by atoms with Gasteiger partial charge >= 0.3 is 6.03 Å². The zero-order chi connectivity index (χ0) is 22.2. The maximum absolute atomic E-state index is 13.8. The van der Waals surface area contributed by atoms with E-state index in [-0.39, 0.29) is 12.6 Å². The SMILES string of the molecule is COC[C@@H]1N(c2ccc(Cl)cc2)C(=O)N(c2ccc(Cl)cc2)C1(O)c1cccc(C)c1. The fourth-order valence-electron chi connectivity index (χ4n) is 4.05. The second kappa shape index (κ2) is 8.52. The summed E-state index contributed by atoms with van der Waals surface area (Å²) in [6.45, 7) is 2.06. The molecule has 1 N–H and O–H groups in total. The fourth-order valence-corrected chi connectivity index (χ4v) is 4.30. The predicted molar refractivity (Wildman–Crippen MR) is 124 cm³/mol. The highest BCUT2D eigenvalue weighted by atomic mass is 35.5. The number of benzene rings is 3. The molecule has 1 aliphatic heterocycles. The number of hydrogen-bond donors (Lipinski definition) is 1. The lowest BCUT2D eigenvalue weighted by Crippen LogP contribution is -2.51. The van der Waals surface area contributed by atoms with Gasteiger partial charge in [0.25, 0.3) is 0 Å². The molecule has 160 valence electrons. The molecular weight excluding hydrogens is 435 g/mol. The second-order valence-electron chi connectivity index (χ2n) is 7.51. The van der Waals surface area contributed by atoms with E-state index in [9.17, 15) is 9.90 Å². The Morgan fingerprint density at radius 3 is 2.10 bits per heavy atom. The van der Waals surface area contributed by atoms with Crippen LogP contribution in [0.1, 0.15) is 11.1 Å². The highest BCUT2D eigenvalue weighted by molar-refractivity contribution is 6.31. The number of urea groups is 1. The summed E-state index contributed by atoms with van der Waals surface area (Å²) >= 11 is 12.1. The number of hydrogen-bond acceptors (Lipinski definition) is 3. The monoisotopic (exact) mass is 456 g/mol. The lowest BCUT2D eigenvalue weighted by molar-refractivity contribution is 0.00488. The number of carbonyl (C=O) groups is 1. The Labute approximate surface area is 191 Å². The Kier molecular flexibility index (Phi) is 5.95. The van der Waals surface area contributed by atoms with E-state index < -0.39 is 11.8 Å². The van der Waals surface area contributed by atoms with Crippen molar-refractivity contribution < 1.29 is 14.6 Å². The summed E-state index contributed by atoms with van der Waals surface area (Å²) in [5.41, 5.74) is 1.01. The lowest BCUT2D eigenvalue weighted by Gasteiger charge is -2.37. The van der Waals surface area contributed by atoms with Gasteiger partial charge in [-0.15, -0.1) is 0 Å². The zero-order valence-electron chi connectivity index (χ0n) is 17.1. The number of nitrogens with zero attached hydrogens (tertiary/aromatic N) is 2. The second-order valence-corrected chi connectivity index (χ2v) is 8.38. The van der Waals surface area contributed by atoms with Crippen LogP contribution in [0.15, 0.2) is 72.8 Å². The molecule has 2 atom stereocenters. The number of ether oxygens (including phenoxy) is 1. The van der Waals surface area contributed by atoms with Crippen molar-refractivity contribution in [2.24, 2.45) is 0 Å². The summed E-state index contributed by atoms with van der Waals surface area (Å²) in [4.78, 5) is 16.8. The van der Waals surface area contributed by atoms with Crippen molar-refractivity contribution in [1.29, 1.82) is 0 Å².